The summed E-state index contributed by atoms with van der Waals surface area (Å²) >= 11 is 0. The fourth-order valence-electron chi connectivity index (χ4n) is 1.26. The number of carbonyl (C=O) groups is 1. The lowest BCUT2D eigenvalue weighted by molar-refractivity contribution is -0.120. The van der Waals surface area contributed by atoms with Crippen LogP contribution in [-0.2, 0) is 22.6 Å². The molecule has 0 fully saturated rings. The lowest BCUT2D eigenvalue weighted by Crippen LogP contribution is -2.19. The third-order valence-electron chi connectivity index (χ3n) is 2.22. The van der Waals surface area contributed by atoms with Crippen LogP contribution in [0.4, 0.5) is 0 Å². The zero-order chi connectivity index (χ0) is 12.5. The Bertz CT molecular complexity index is 339. The number of methoxy groups -OCH3 is 1. The maximum atomic E-state index is 11.0. The average Bonchev–Trinajstić information content (AvgIpc) is 2.79. The molecule has 1 rings (SSSR count). The molecular formula is C10H19N5O2. The standard InChI is InChI=1S/C10H19N5O2/c1-11-10(16)3-5-15-8-9(13-14-15)7-12-4-6-17-2/h8,12H,3-7H2,1-2H3,(H,11,16). The van der Waals surface area contributed by atoms with Crippen molar-refractivity contribution in [2.24, 2.45) is 0 Å². The van der Waals surface area contributed by atoms with Crippen LogP contribution in [0.3, 0.4) is 0 Å². The fourth-order valence-corrected chi connectivity index (χ4v) is 1.26. The molecule has 17 heavy (non-hydrogen) atoms. The van der Waals surface area contributed by atoms with Gasteiger partial charge < -0.3 is 15.4 Å². The Morgan fingerprint density at radius 2 is 2.41 bits per heavy atom. The molecule has 0 aliphatic carbocycles. The first kappa shape index (κ1) is 13.6. The van der Waals surface area contributed by atoms with Crippen molar-refractivity contribution in [2.75, 3.05) is 27.3 Å². The van der Waals surface area contributed by atoms with Crippen molar-refractivity contribution in [2.45, 2.75) is 19.5 Å². The molecule has 7 nitrogen and oxygen atoms in total. The van der Waals surface area contributed by atoms with Crippen molar-refractivity contribution in [3.63, 3.8) is 0 Å². The molecule has 96 valence electrons. The first-order valence-electron chi connectivity index (χ1n) is 5.55. The number of rotatable bonds is 8. The lowest BCUT2D eigenvalue weighted by atomic mass is 10.4. The van der Waals surface area contributed by atoms with Crippen LogP contribution in [0, 0.1) is 0 Å². The molecule has 1 aromatic rings. The van der Waals surface area contributed by atoms with Gasteiger partial charge in [0, 0.05) is 39.9 Å². The van der Waals surface area contributed by atoms with Gasteiger partial charge in [0.2, 0.25) is 5.91 Å². The highest BCUT2D eigenvalue weighted by Gasteiger charge is 2.02. The summed E-state index contributed by atoms with van der Waals surface area (Å²) in [5, 5.41) is 13.7. The number of aryl methyl sites for hydroxylation is 1. The third kappa shape index (κ3) is 5.41. The minimum Gasteiger partial charge on any atom is -0.383 e. The molecule has 0 unspecified atom stereocenters. The van der Waals surface area contributed by atoms with E-state index >= 15 is 0 Å². The van der Waals surface area contributed by atoms with Gasteiger partial charge in [-0.05, 0) is 0 Å². The van der Waals surface area contributed by atoms with E-state index in [1.807, 2.05) is 6.20 Å². The highest BCUT2D eigenvalue weighted by molar-refractivity contribution is 5.75. The first-order chi connectivity index (χ1) is 8.26. The van der Waals surface area contributed by atoms with E-state index in [-0.39, 0.29) is 5.91 Å². The van der Waals surface area contributed by atoms with E-state index in [1.165, 1.54) is 0 Å². The molecule has 0 aromatic carbocycles. The van der Waals surface area contributed by atoms with Crippen LogP contribution in [0.1, 0.15) is 12.1 Å². The number of nitrogens with one attached hydrogen (secondary N) is 2. The summed E-state index contributed by atoms with van der Waals surface area (Å²) in [5.74, 6) is 0.000250. The van der Waals surface area contributed by atoms with E-state index in [1.54, 1.807) is 18.8 Å². The number of hydrogen-bond acceptors (Lipinski definition) is 5. The second kappa shape index (κ2) is 7.75. The van der Waals surface area contributed by atoms with Gasteiger partial charge in [-0.1, -0.05) is 5.21 Å². The number of hydrogen-bond donors (Lipinski definition) is 2. The second-order valence-electron chi connectivity index (χ2n) is 3.57. The third-order valence-corrected chi connectivity index (χ3v) is 2.22. The molecule has 1 amide bonds. The monoisotopic (exact) mass is 241 g/mol. The van der Waals surface area contributed by atoms with Crippen LogP contribution >= 0.6 is 0 Å². The van der Waals surface area contributed by atoms with Crippen molar-refractivity contribution in [1.29, 1.82) is 0 Å². The van der Waals surface area contributed by atoms with Gasteiger partial charge in [-0.3, -0.25) is 9.48 Å². The average molecular weight is 241 g/mol. The SMILES string of the molecule is CNC(=O)CCn1cc(CNCCOC)nn1. The van der Waals surface area contributed by atoms with Gasteiger partial charge in [0.1, 0.15) is 0 Å². The van der Waals surface area contributed by atoms with Crippen LogP contribution in [0.2, 0.25) is 0 Å². The Balaban J connectivity index is 2.25. The summed E-state index contributed by atoms with van der Waals surface area (Å²) in [5.41, 5.74) is 0.859. The number of amides is 1. The summed E-state index contributed by atoms with van der Waals surface area (Å²) in [6.07, 6.45) is 2.25. The highest BCUT2D eigenvalue weighted by atomic mass is 16.5. The molecule has 0 radical (unpaired) electrons. The number of nitrogens with zero attached hydrogens (tertiary/aromatic N) is 3. The van der Waals surface area contributed by atoms with Gasteiger partial charge in [-0.15, -0.1) is 5.10 Å². The largest absolute Gasteiger partial charge is 0.383 e. The fraction of sp³-hybridized carbons (Fsp3) is 0.700. The summed E-state index contributed by atoms with van der Waals surface area (Å²) in [7, 11) is 3.28. The molecule has 0 aliphatic heterocycles. The molecule has 2 N–H and O–H groups in total. The van der Waals surface area contributed by atoms with E-state index in [0.29, 0.717) is 26.1 Å². The quantitative estimate of drug-likeness (QED) is 0.579. The molecule has 0 bridgehead atoms. The summed E-state index contributed by atoms with van der Waals surface area (Å²) < 4.78 is 6.58. The summed E-state index contributed by atoms with van der Waals surface area (Å²) in [6.45, 7) is 2.65. The van der Waals surface area contributed by atoms with E-state index in [0.717, 1.165) is 12.2 Å². The van der Waals surface area contributed by atoms with Crippen molar-refractivity contribution >= 4 is 5.91 Å². The predicted molar refractivity (Wildman–Crippen MR) is 62.3 cm³/mol. The van der Waals surface area contributed by atoms with Gasteiger partial charge >= 0.3 is 0 Å². The van der Waals surface area contributed by atoms with Gasteiger partial charge in [0.15, 0.2) is 0 Å². The molecule has 0 aliphatic rings. The molecule has 0 atom stereocenters. The smallest absolute Gasteiger partial charge is 0.221 e. The Morgan fingerprint density at radius 1 is 1.59 bits per heavy atom. The van der Waals surface area contributed by atoms with Crippen LogP contribution in [-0.4, -0.2) is 48.2 Å². The van der Waals surface area contributed by atoms with Gasteiger partial charge in [0.25, 0.3) is 0 Å². The molecule has 1 aromatic heterocycles. The van der Waals surface area contributed by atoms with Crippen molar-refractivity contribution in [3.8, 4) is 0 Å². The van der Waals surface area contributed by atoms with E-state index in [2.05, 4.69) is 20.9 Å². The van der Waals surface area contributed by atoms with E-state index < -0.39 is 0 Å². The minimum atomic E-state index is 0.000250. The Labute approximate surface area is 101 Å². The molecule has 7 heteroatoms. The maximum absolute atomic E-state index is 11.0. The molecule has 0 spiro atoms. The molecule has 1 heterocycles. The van der Waals surface area contributed by atoms with Crippen LogP contribution in [0.5, 0.6) is 0 Å². The molecular weight excluding hydrogens is 222 g/mol. The van der Waals surface area contributed by atoms with Crippen LogP contribution < -0.4 is 10.6 Å². The van der Waals surface area contributed by atoms with Gasteiger partial charge in [0.05, 0.1) is 18.8 Å². The van der Waals surface area contributed by atoms with E-state index in [4.69, 9.17) is 4.74 Å². The Morgan fingerprint density at radius 3 is 3.12 bits per heavy atom. The van der Waals surface area contributed by atoms with Gasteiger partial charge in [-0.25, -0.2) is 0 Å². The van der Waals surface area contributed by atoms with Crippen molar-refractivity contribution in [3.05, 3.63) is 11.9 Å². The van der Waals surface area contributed by atoms with Crippen molar-refractivity contribution < 1.29 is 9.53 Å². The van der Waals surface area contributed by atoms with E-state index in [9.17, 15) is 4.79 Å². The zero-order valence-corrected chi connectivity index (χ0v) is 10.3. The summed E-state index contributed by atoms with van der Waals surface area (Å²) in [4.78, 5) is 11.0. The second-order valence-corrected chi connectivity index (χ2v) is 3.57. The lowest BCUT2D eigenvalue weighted by Gasteiger charge is -2.00. The summed E-state index contributed by atoms with van der Waals surface area (Å²) in [6, 6.07) is 0. The van der Waals surface area contributed by atoms with Crippen LogP contribution in [0.25, 0.3) is 0 Å². The Kier molecular flexibility index (Phi) is 6.19. The highest BCUT2D eigenvalue weighted by Crippen LogP contribution is 1.94. The zero-order valence-electron chi connectivity index (χ0n) is 10.3. The first-order valence-corrected chi connectivity index (χ1v) is 5.55. The maximum Gasteiger partial charge on any atom is 0.221 e. The number of carbonyl (C=O) groups excluding carboxylic acids is 1. The molecule has 0 saturated heterocycles. The van der Waals surface area contributed by atoms with Gasteiger partial charge in [-0.2, -0.15) is 0 Å². The molecule has 0 saturated carbocycles. The minimum absolute atomic E-state index is 0.000250. The van der Waals surface area contributed by atoms with Crippen LogP contribution in [0.15, 0.2) is 6.20 Å². The number of aromatic nitrogens is 3. The van der Waals surface area contributed by atoms with Crippen molar-refractivity contribution in [1.82, 2.24) is 25.6 Å². The predicted octanol–water partition coefficient (Wildman–Crippen LogP) is -0.850. The topological polar surface area (TPSA) is 81.1 Å². The number of ether oxygens (including phenoxy) is 1. The normalized spacial score (nSPS) is 10.5. The Hall–Kier alpha value is -1.47.